The van der Waals surface area contributed by atoms with Crippen LogP contribution in [0.3, 0.4) is 0 Å². The minimum absolute atomic E-state index is 0. The number of hydrogen-bond acceptors (Lipinski definition) is 10. The zero-order chi connectivity index (χ0) is 46.1. The molecule has 0 saturated carbocycles. The summed E-state index contributed by atoms with van der Waals surface area (Å²) in [7, 11) is 0. The number of cyclic esters (lactones) is 2. The van der Waals surface area contributed by atoms with Crippen molar-refractivity contribution in [1.29, 1.82) is 0 Å². The van der Waals surface area contributed by atoms with E-state index in [4.69, 9.17) is 14.6 Å². The number of carbonyl (C=O) groups is 2. The molecule has 6 aliphatic rings. The van der Waals surface area contributed by atoms with Crippen molar-refractivity contribution in [2.75, 3.05) is 42.0 Å². The molecule has 0 aliphatic carbocycles. The van der Waals surface area contributed by atoms with Gasteiger partial charge >= 0.3 is 41.7 Å². The Labute approximate surface area is 535 Å². The van der Waals surface area contributed by atoms with Crippen LogP contribution in [0.4, 0.5) is 9.59 Å². The number of carbonyl (C=O) groups excluding carboxylic acids is 2. The Kier molecular flexibility index (Phi) is 40.2. The molecule has 0 spiro atoms. The third-order valence-corrected chi connectivity index (χ3v) is 15.4. The fourth-order valence-electron chi connectivity index (χ4n) is 10.1. The molecular formula is C53H85N4NaO5S11. The van der Waals surface area contributed by atoms with Crippen molar-refractivity contribution in [3.05, 3.63) is 142 Å². The van der Waals surface area contributed by atoms with Crippen LogP contribution in [-0.4, -0.2) is 98.8 Å². The average molecular weight is 1230 g/mol. The normalized spacial score (nSPS) is 22.6. The van der Waals surface area contributed by atoms with Crippen LogP contribution in [0.25, 0.3) is 0 Å². The van der Waals surface area contributed by atoms with Gasteiger partial charge in [-0.3, -0.25) is 9.80 Å². The first-order valence-electron chi connectivity index (χ1n) is 23.7. The van der Waals surface area contributed by atoms with Gasteiger partial charge in [-0.15, -0.1) is 0 Å². The summed E-state index contributed by atoms with van der Waals surface area (Å²) in [5.41, 5.74) is 10.2. The number of rotatable bonds is 9. The molecular weight excluding hydrogens is 1150 g/mol. The third kappa shape index (κ3) is 19.4. The molecule has 6 aliphatic heterocycles. The van der Waals surface area contributed by atoms with Gasteiger partial charge in [0.2, 0.25) is 0 Å². The van der Waals surface area contributed by atoms with Gasteiger partial charge in [0.15, 0.2) is 0 Å². The fraction of sp³-hybridized carbons (Fsp3) is 0.509. The van der Waals surface area contributed by atoms with E-state index in [-0.39, 0.29) is 174 Å². The molecule has 21 heteroatoms. The summed E-state index contributed by atoms with van der Waals surface area (Å²) in [5.74, 6) is 5.58. The largest absolute Gasteiger partial charge is 1.00 e. The van der Waals surface area contributed by atoms with Gasteiger partial charge in [-0.1, -0.05) is 125 Å². The number of fused-ring (bicyclic) bond motifs is 6. The average Bonchev–Trinajstić information content (AvgIpc) is 3.88. The Morgan fingerprint density at radius 3 is 1.14 bits per heavy atom. The van der Waals surface area contributed by atoms with E-state index in [0.29, 0.717) is 37.4 Å². The maximum absolute atomic E-state index is 12.7. The molecule has 2 amide bonds. The van der Waals surface area contributed by atoms with E-state index in [2.05, 4.69) is 110 Å². The van der Waals surface area contributed by atoms with Gasteiger partial charge in [-0.25, -0.2) is 9.59 Å². The SMILES string of the molecule is CCC(C)(C)O.CCSC[C@@H]1Cc2ccccc2[C@@H]([C@H]2N[C@H](CSCC)Cc3ccccc32)N1.CC[S-].O=C1OC[C@@H]2Cc3ccccc3[C@@H]([C@@H]3c4ccccc4C[C@H]4COC(=O)N43)N12.S.S.S.S.S.S.S.S.[Na+]. The molecule has 10 rings (SSSR count). The number of thioether (sulfide) groups is 2. The van der Waals surface area contributed by atoms with Crippen LogP contribution in [0.5, 0.6) is 0 Å². The quantitative estimate of drug-likeness (QED) is 0.114. The number of nitrogens with one attached hydrogen (secondary N) is 2. The molecule has 0 unspecified atom stereocenters. The molecule has 0 bridgehead atoms. The van der Waals surface area contributed by atoms with Crippen molar-refractivity contribution in [2.24, 2.45) is 0 Å². The molecule has 6 heterocycles. The molecule has 74 heavy (non-hydrogen) atoms. The van der Waals surface area contributed by atoms with E-state index in [1.807, 2.05) is 71.4 Å². The van der Waals surface area contributed by atoms with E-state index in [0.717, 1.165) is 49.0 Å². The van der Waals surface area contributed by atoms with E-state index in [1.165, 1.54) is 56.4 Å². The zero-order valence-electron chi connectivity index (χ0n) is 44.0. The summed E-state index contributed by atoms with van der Waals surface area (Å²) < 4.78 is 10.9. The molecule has 0 radical (unpaired) electrons. The van der Waals surface area contributed by atoms with Crippen LogP contribution < -0.4 is 40.2 Å². The molecule has 414 valence electrons. The third-order valence-electron chi connectivity index (χ3n) is 13.4. The molecule has 9 nitrogen and oxygen atoms in total. The molecule has 3 N–H and O–H groups in total. The van der Waals surface area contributed by atoms with Crippen LogP contribution in [0.15, 0.2) is 97.1 Å². The van der Waals surface area contributed by atoms with E-state index >= 15 is 0 Å². The first-order valence-corrected chi connectivity index (χ1v) is 26.6. The summed E-state index contributed by atoms with van der Waals surface area (Å²) in [4.78, 5) is 29.2. The smallest absolute Gasteiger partial charge is 0.793 e. The zero-order valence-corrected chi connectivity index (χ0v) is 56.5. The topological polar surface area (TPSA) is 103 Å². The Morgan fingerprint density at radius 2 is 0.838 bits per heavy atom. The van der Waals surface area contributed by atoms with Gasteiger partial charge in [-0.2, -0.15) is 137 Å². The standard InChI is InChI=1S/C24H32N2S2.C22H20N2O4.C5H12O.C2H6S.Na.8H2S/c1-3-27-15-19-13-17-9-5-7-11-21(17)23(25-19)24-22-12-8-6-10-18(22)14-20(26-24)16-28-4-2;25-21-23-15(11-27-21)9-13-5-1-3-7-17(13)19(23)20-18-8-4-2-6-14(18)10-16-12-28-22(26)24(16)20;1-4-5(2,3)6;1-2-3;;;;;;;;;/h5-12,19-20,23-26H,3-4,13-16H2,1-2H3;1-8,15-16,19-20H,9-12H2;6H,4H2,1-3H3;3H,2H2,1H3;;8*1H2/q;;;;+1;;;;;;;;/p-1/t19-,20-,23-,24-;15-,16-,19-,20-;;;;;;;;;;;/m00.........../s1. The van der Waals surface area contributed by atoms with Crippen LogP contribution in [0, 0.1) is 0 Å². The monoisotopic (exact) mass is 1230 g/mol. The van der Waals surface area contributed by atoms with Crippen molar-refractivity contribution in [1.82, 2.24) is 20.4 Å². The van der Waals surface area contributed by atoms with Crippen molar-refractivity contribution in [2.45, 2.75) is 128 Å². The first kappa shape index (κ1) is 78.4. The number of nitrogens with zero attached hydrogens (tertiary/aromatic N) is 2. The second-order valence-corrected chi connectivity index (χ2v) is 21.4. The van der Waals surface area contributed by atoms with Crippen LogP contribution in [0.1, 0.15) is 117 Å². The summed E-state index contributed by atoms with van der Waals surface area (Å²) in [6, 6.07) is 35.8. The van der Waals surface area contributed by atoms with Gasteiger partial charge in [0.25, 0.3) is 0 Å². The van der Waals surface area contributed by atoms with Crippen molar-refractivity contribution >= 4 is 156 Å². The molecule has 0 aromatic heterocycles. The number of aliphatic hydroxyl groups is 1. The molecule has 8 atom stereocenters. The Bertz CT molecular complexity index is 2090. The fourth-order valence-corrected chi connectivity index (χ4v) is 11.5. The predicted octanol–water partition coefficient (Wildman–Crippen LogP) is 7.85. The molecule has 4 aromatic carbocycles. The van der Waals surface area contributed by atoms with E-state index in [1.54, 1.807) is 13.8 Å². The van der Waals surface area contributed by atoms with Crippen molar-refractivity contribution in [3.63, 3.8) is 0 Å². The van der Waals surface area contributed by atoms with Crippen molar-refractivity contribution in [3.8, 4) is 0 Å². The minimum atomic E-state index is -0.458. The van der Waals surface area contributed by atoms with Crippen LogP contribution in [-0.2, 0) is 47.8 Å². The summed E-state index contributed by atoms with van der Waals surface area (Å²) in [5, 5.41) is 16.9. The molecule has 2 fully saturated rings. The van der Waals surface area contributed by atoms with Gasteiger partial charge in [0.05, 0.1) is 41.9 Å². The molecule has 2 saturated heterocycles. The van der Waals surface area contributed by atoms with Crippen LogP contribution in [0.2, 0.25) is 0 Å². The Morgan fingerprint density at radius 1 is 0.554 bits per heavy atom. The summed E-state index contributed by atoms with van der Waals surface area (Å²) in [6.07, 6.45) is 4.08. The predicted molar refractivity (Wildman–Crippen MR) is 353 cm³/mol. The van der Waals surface area contributed by atoms with Gasteiger partial charge in [0.1, 0.15) is 13.2 Å². The summed E-state index contributed by atoms with van der Waals surface area (Å²) >= 11 is 8.49. The van der Waals surface area contributed by atoms with Gasteiger partial charge < -0.3 is 37.8 Å². The Hall–Kier alpha value is 0.150. The maximum atomic E-state index is 12.7. The van der Waals surface area contributed by atoms with E-state index < -0.39 is 5.60 Å². The van der Waals surface area contributed by atoms with E-state index in [9.17, 15) is 9.59 Å². The number of benzene rings is 4. The minimum Gasteiger partial charge on any atom is -0.793 e. The summed E-state index contributed by atoms with van der Waals surface area (Å²) in [6.45, 7) is 12.8. The van der Waals surface area contributed by atoms with Crippen LogP contribution >= 0.6 is 131 Å². The Balaban J connectivity index is -0.00000106. The van der Waals surface area contributed by atoms with Gasteiger partial charge in [-0.05, 0) is 102 Å². The number of ether oxygens (including phenoxy) is 2. The first-order chi connectivity index (χ1) is 31.5. The maximum Gasteiger partial charge on any atom is 1.00 e. The number of amides is 2. The van der Waals surface area contributed by atoms with Gasteiger partial charge in [0, 0.05) is 23.6 Å². The molecule has 4 aromatic rings. The second-order valence-electron chi connectivity index (χ2n) is 18.2. The second kappa shape index (κ2) is 38.0. The van der Waals surface area contributed by atoms with Crippen molar-refractivity contribution < 1.29 is 53.7 Å². The number of hydrogen-bond donors (Lipinski definition) is 3.